The molecule has 98 valence electrons. The Labute approximate surface area is 117 Å². The van der Waals surface area contributed by atoms with Crippen molar-refractivity contribution in [1.29, 1.82) is 0 Å². The third kappa shape index (κ3) is 3.59. The molecule has 0 aromatic carbocycles. The number of pyridine rings is 1. The van der Waals surface area contributed by atoms with E-state index in [9.17, 15) is 4.79 Å². The van der Waals surface area contributed by atoms with E-state index in [1.807, 2.05) is 0 Å². The van der Waals surface area contributed by atoms with E-state index in [4.69, 9.17) is 23.2 Å². The van der Waals surface area contributed by atoms with Crippen LogP contribution in [0.4, 0.5) is 0 Å². The zero-order chi connectivity index (χ0) is 13.0. The zero-order valence-electron chi connectivity index (χ0n) is 10.0. The quantitative estimate of drug-likeness (QED) is 0.867. The summed E-state index contributed by atoms with van der Waals surface area (Å²) in [4.78, 5) is 15.8. The van der Waals surface area contributed by atoms with Gasteiger partial charge in [0.05, 0.1) is 5.02 Å². The Morgan fingerprint density at radius 2 is 2.17 bits per heavy atom. The lowest BCUT2D eigenvalue weighted by Crippen LogP contribution is -2.35. The van der Waals surface area contributed by atoms with E-state index in [1.165, 1.54) is 19.0 Å². The van der Waals surface area contributed by atoms with E-state index < -0.39 is 0 Å². The number of hydrogen-bond acceptors (Lipinski definition) is 2. The maximum atomic E-state index is 11.8. The first-order valence-corrected chi connectivity index (χ1v) is 7.02. The summed E-state index contributed by atoms with van der Waals surface area (Å²) < 4.78 is 0. The molecular weight excluding hydrogens is 271 g/mol. The molecule has 0 bridgehead atoms. The summed E-state index contributed by atoms with van der Waals surface area (Å²) >= 11 is 12.0. The summed E-state index contributed by atoms with van der Waals surface area (Å²) in [5, 5.41) is 3.60. The number of rotatable bonds is 3. The molecule has 0 radical (unpaired) electrons. The second-order valence-electron chi connectivity index (χ2n) is 4.63. The molecule has 1 aromatic heterocycles. The molecule has 1 aliphatic rings. The molecule has 1 heterocycles. The highest BCUT2D eigenvalue weighted by molar-refractivity contribution is 6.30. The Balaban J connectivity index is 1.86. The zero-order valence-corrected chi connectivity index (χ0v) is 11.5. The molecule has 1 aliphatic carbocycles. The van der Waals surface area contributed by atoms with Gasteiger partial charge < -0.3 is 5.32 Å². The fourth-order valence-electron chi connectivity index (χ4n) is 2.22. The fourth-order valence-corrected chi connectivity index (χ4v) is 2.70. The largest absolute Gasteiger partial charge is 0.350 e. The van der Waals surface area contributed by atoms with Gasteiger partial charge in [0.25, 0.3) is 5.91 Å². The van der Waals surface area contributed by atoms with Gasteiger partial charge in [0, 0.05) is 18.1 Å². The number of halogens is 2. The van der Waals surface area contributed by atoms with Gasteiger partial charge >= 0.3 is 0 Å². The van der Waals surface area contributed by atoms with E-state index in [-0.39, 0.29) is 11.3 Å². The summed E-state index contributed by atoms with van der Waals surface area (Å²) in [6, 6.07) is 3.28. The van der Waals surface area contributed by atoms with Crippen LogP contribution in [0, 0.1) is 5.92 Å². The summed E-state index contributed by atoms with van der Waals surface area (Å²) in [5.41, 5.74) is 0.390. The normalized spacial score (nSPS) is 23.7. The third-order valence-corrected chi connectivity index (χ3v) is 4.10. The van der Waals surface area contributed by atoms with E-state index in [0.29, 0.717) is 23.2 Å². The standard InChI is InChI=1S/C13H16Cl2N2O/c14-10-5-6-12(16-8-10)13(18)17-7-9-3-1-2-4-11(9)15/h5-6,8-9,11H,1-4,7H2,(H,17,18). The molecule has 1 amide bonds. The number of alkyl halides is 1. The first kappa shape index (κ1) is 13.6. The van der Waals surface area contributed by atoms with Crippen LogP contribution >= 0.6 is 23.2 Å². The van der Waals surface area contributed by atoms with Crippen LogP contribution in [0.1, 0.15) is 36.2 Å². The number of nitrogens with zero attached hydrogens (tertiary/aromatic N) is 1. The van der Waals surface area contributed by atoms with Crippen molar-refractivity contribution in [3.8, 4) is 0 Å². The minimum atomic E-state index is -0.166. The minimum Gasteiger partial charge on any atom is -0.350 e. The molecule has 0 aliphatic heterocycles. The predicted molar refractivity (Wildman–Crippen MR) is 73.2 cm³/mol. The van der Waals surface area contributed by atoms with E-state index in [1.54, 1.807) is 12.1 Å². The van der Waals surface area contributed by atoms with Crippen molar-refractivity contribution in [1.82, 2.24) is 10.3 Å². The summed E-state index contributed by atoms with van der Waals surface area (Å²) in [6.45, 7) is 0.622. The van der Waals surface area contributed by atoms with Gasteiger partial charge in [-0.2, -0.15) is 0 Å². The Hall–Kier alpha value is -0.800. The number of carbonyl (C=O) groups is 1. The Kier molecular flexibility index (Phi) is 4.84. The first-order chi connectivity index (χ1) is 8.66. The van der Waals surface area contributed by atoms with Gasteiger partial charge in [-0.25, -0.2) is 4.98 Å². The van der Waals surface area contributed by atoms with E-state index >= 15 is 0 Å². The van der Waals surface area contributed by atoms with Crippen LogP contribution in [0.25, 0.3) is 0 Å². The molecule has 5 heteroatoms. The first-order valence-electron chi connectivity index (χ1n) is 6.20. The van der Waals surface area contributed by atoms with Crippen molar-refractivity contribution in [2.24, 2.45) is 5.92 Å². The minimum absolute atomic E-state index is 0.166. The average Bonchev–Trinajstić information content (AvgIpc) is 2.38. The highest BCUT2D eigenvalue weighted by Gasteiger charge is 2.23. The van der Waals surface area contributed by atoms with Gasteiger partial charge in [0.2, 0.25) is 0 Å². The number of hydrogen-bond donors (Lipinski definition) is 1. The van der Waals surface area contributed by atoms with Crippen LogP contribution < -0.4 is 5.32 Å². The van der Waals surface area contributed by atoms with Crippen LogP contribution in [-0.2, 0) is 0 Å². The van der Waals surface area contributed by atoms with Crippen LogP contribution in [0.3, 0.4) is 0 Å². The molecule has 1 N–H and O–H groups in total. The summed E-state index contributed by atoms with van der Waals surface area (Å²) in [5.74, 6) is 0.206. The van der Waals surface area contributed by atoms with Gasteiger partial charge in [-0.15, -0.1) is 11.6 Å². The lowest BCUT2D eigenvalue weighted by molar-refractivity contribution is 0.0939. The molecule has 18 heavy (non-hydrogen) atoms. The molecule has 2 atom stereocenters. The molecule has 1 saturated carbocycles. The number of nitrogens with one attached hydrogen (secondary N) is 1. The number of aromatic nitrogens is 1. The molecule has 2 rings (SSSR count). The van der Waals surface area contributed by atoms with Gasteiger partial charge in [-0.1, -0.05) is 24.4 Å². The molecule has 3 nitrogen and oxygen atoms in total. The van der Waals surface area contributed by atoms with Crippen molar-refractivity contribution in [2.45, 2.75) is 31.1 Å². The van der Waals surface area contributed by atoms with Gasteiger partial charge in [-0.05, 0) is 30.9 Å². The molecule has 1 aromatic rings. The van der Waals surface area contributed by atoms with Crippen molar-refractivity contribution in [3.05, 3.63) is 29.0 Å². The summed E-state index contributed by atoms with van der Waals surface area (Å²) in [6.07, 6.45) is 5.99. The van der Waals surface area contributed by atoms with Gasteiger partial charge in [0.1, 0.15) is 5.69 Å². The lowest BCUT2D eigenvalue weighted by atomic mass is 9.89. The second kappa shape index (κ2) is 6.39. The van der Waals surface area contributed by atoms with Crippen LogP contribution in [-0.4, -0.2) is 22.8 Å². The lowest BCUT2D eigenvalue weighted by Gasteiger charge is -2.26. The van der Waals surface area contributed by atoms with E-state index in [0.717, 1.165) is 12.8 Å². The van der Waals surface area contributed by atoms with E-state index in [2.05, 4.69) is 10.3 Å². The highest BCUT2D eigenvalue weighted by Crippen LogP contribution is 2.27. The molecule has 0 spiro atoms. The maximum absolute atomic E-state index is 11.8. The monoisotopic (exact) mass is 286 g/mol. The Morgan fingerprint density at radius 3 is 2.83 bits per heavy atom. The van der Waals surface area contributed by atoms with Crippen molar-refractivity contribution in [2.75, 3.05) is 6.54 Å². The van der Waals surface area contributed by atoms with Gasteiger partial charge in [0.15, 0.2) is 0 Å². The fraction of sp³-hybridized carbons (Fsp3) is 0.538. The Bertz CT molecular complexity index is 408. The smallest absolute Gasteiger partial charge is 0.269 e. The third-order valence-electron chi connectivity index (χ3n) is 3.30. The van der Waals surface area contributed by atoms with Crippen LogP contribution in [0.5, 0.6) is 0 Å². The number of amides is 1. The van der Waals surface area contributed by atoms with Crippen molar-refractivity contribution in [3.63, 3.8) is 0 Å². The molecule has 1 fully saturated rings. The summed E-state index contributed by atoms with van der Waals surface area (Å²) in [7, 11) is 0. The SMILES string of the molecule is O=C(NCC1CCCCC1Cl)c1ccc(Cl)cn1. The molecule has 0 saturated heterocycles. The topological polar surface area (TPSA) is 42.0 Å². The average molecular weight is 287 g/mol. The van der Waals surface area contributed by atoms with Crippen LogP contribution in [0.15, 0.2) is 18.3 Å². The van der Waals surface area contributed by atoms with Gasteiger partial charge in [-0.3, -0.25) is 4.79 Å². The molecule has 2 unspecified atom stereocenters. The predicted octanol–water partition coefficient (Wildman–Crippen LogP) is 3.26. The van der Waals surface area contributed by atoms with Crippen LogP contribution in [0.2, 0.25) is 5.02 Å². The van der Waals surface area contributed by atoms with Crippen molar-refractivity contribution >= 4 is 29.1 Å². The Morgan fingerprint density at radius 1 is 1.39 bits per heavy atom. The van der Waals surface area contributed by atoms with Crippen molar-refractivity contribution < 1.29 is 4.79 Å². The maximum Gasteiger partial charge on any atom is 0.269 e. The second-order valence-corrected chi connectivity index (χ2v) is 5.63. The number of carbonyl (C=O) groups excluding carboxylic acids is 1. The molecular formula is C13H16Cl2N2O. The highest BCUT2D eigenvalue weighted by atomic mass is 35.5.